The van der Waals surface area contributed by atoms with Gasteiger partial charge < -0.3 is 5.73 Å². The summed E-state index contributed by atoms with van der Waals surface area (Å²) in [6.07, 6.45) is 1.16. The molecule has 5 nitrogen and oxygen atoms in total. The van der Waals surface area contributed by atoms with Crippen LogP contribution in [0.1, 0.15) is 18.0 Å². The van der Waals surface area contributed by atoms with Gasteiger partial charge in [-0.05, 0) is 6.92 Å². The number of hydrogen-bond acceptors (Lipinski definition) is 5. The van der Waals surface area contributed by atoms with Gasteiger partial charge in [0.05, 0.1) is 5.69 Å². The second kappa shape index (κ2) is 4.97. The van der Waals surface area contributed by atoms with Crippen molar-refractivity contribution in [1.82, 2.24) is 9.97 Å². The molecule has 0 bridgehead atoms. The third kappa shape index (κ3) is 3.08. The Morgan fingerprint density at radius 2 is 1.79 bits per heavy atom. The van der Waals surface area contributed by atoms with E-state index >= 15 is 0 Å². The number of sulfone groups is 1. The molecule has 1 aromatic carbocycles. The molecule has 1 unspecified atom stereocenters. The molecule has 0 spiro atoms. The van der Waals surface area contributed by atoms with E-state index in [9.17, 15) is 8.42 Å². The van der Waals surface area contributed by atoms with Crippen molar-refractivity contribution in [2.75, 3.05) is 12.0 Å². The van der Waals surface area contributed by atoms with Crippen LogP contribution in [0.15, 0.2) is 36.4 Å². The molecule has 0 radical (unpaired) electrons. The second-order valence-corrected chi connectivity index (χ2v) is 6.74. The largest absolute Gasteiger partial charge is 0.384 e. The number of anilines is 1. The topological polar surface area (TPSA) is 85.9 Å². The van der Waals surface area contributed by atoms with E-state index < -0.39 is 15.1 Å². The lowest BCUT2D eigenvalue weighted by molar-refractivity contribution is 0.589. The molecule has 1 aromatic heterocycles. The van der Waals surface area contributed by atoms with Crippen molar-refractivity contribution in [3.63, 3.8) is 0 Å². The number of nitrogens with zero attached hydrogens (tertiary/aromatic N) is 2. The van der Waals surface area contributed by atoms with Crippen molar-refractivity contribution in [2.45, 2.75) is 12.2 Å². The fourth-order valence-corrected chi connectivity index (χ4v) is 2.10. The van der Waals surface area contributed by atoms with E-state index in [4.69, 9.17) is 5.73 Å². The van der Waals surface area contributed by atoms with Crippen LogP contribution in [0, 0.1) is 0 Å². The molecule has 6 heteroatoms. The normalized spacial score (nSPS) is 13.2. The van der Waals surface area contributed by atoms with Crippen LogP contribution in [0.3, 0.4) is 0 Å². The molecule has 100 valence electrons. The van der Waals surface area contributed by atoms with Gasteiger partial charge in [-0.2, -0.15) is 0 Å². The maximum atomic E-state index is 11.6. The van der Waals surface area contributed by atoms with Crippen LogP contribution in [0.5, 0.6) is 0 Å². The van der Waals surface area contributed by atoms with Crippen molar-refractivity contribution in [3.05, 3.63) is 42.2 Å². The van der Waals surface area contributed by atoms with E-state index in [0.717, 1.165) is 11.8 Å². The molecule has 1 heterocycles. The standard InChI is InChI=1S/C13H15N3O2S/c1-9(19(2,17)18)13-15-11(8-12(14)16-13)10-6-4-3-5-7-10/h3-9H,1-2H3,(H2,14,15,16). The van der Waals surface area contributed by atoms with Crippen LogP contribution in [0.4, 0.5) is 5.82 Å². The Bertz CT molecular complexity index is 684. The fourth-order valence-electron chi connectivity index (χ4n) is 1.62. The average Bonchev–Trinajstić information content (AvgIpc) is 2.37. The Balaban J connectivity index is 2.53. The Morgan fingerprint density at radius 1 is 1.16 bits per heavy atom. The first-order valence-corrected chi connectivity index (χ1v) is 7.72. The van der Waals surface area contributed by atoms with E-state index in [1.54, 1.807) is 13.0 Å². The van der Waals surface area contributed by atoms with Crippen LogP contribution in [0.25, 0.3) is 11.3 Å². The molecule has 2 rings (SSSR count). The van der Waals surface area contributed by atoms with Gasteiger partial charge in [-0.15, -0.1) is 0 Å². The minimum atomic E-state index is -3.25. The SMILES string of the molecule is CC(c1nc(N)cc(-c2ccccc2)n1)S(C)(=O)=O. The number of aromatic nitrogens is 2. The number of hydrogen-bond donors (Lipinski definition) is 1. The van der Waals surface area contributed by atoms with Gasteiger partial charge in [0.2, 0.25) is 0 Å². The van der Waals surface area contributed by atoms with Crippen molar-refractivity contribution >= 4 is 15.7 Å². The summed E-state index contributed by atoms with van der Waals surface area (Å²) >= 11 is 0. The van der Waals surface area contributed by atoms with Crippen LogP contribution in [0.2, 0.25) is 0 Å². The minimum Gasteiger partial charge on any atom is -0.384 e. The van der Waals surface area contributed by atoms with Crippen molar-refractivity contribution < 1.29 is 8.42 Å². The smallest absolute Gasteiger partial charge is 0.157 e. The van der Waals surface area contributed by atoms with Crippen molar-refractivity contribution in [2.24, 2.45) is 0 Å². The molecule has 19 heavy (non-hydrogen) atoms. The maximum absolute atomic E-state index is 11.6. The van der Waals surface area contributed by atoms with E-state index in [2.05, 4.69) is 9.97 Å². The summed E-state index contributed by atoms with van der Waals surface area (Å²) in [6.45, 7) is 1.55. The van der Waals surface area contributed by atoms with E-state index in [1.807, 2.05) is 30.3 Å². The van der Waals surface area contributed by atoms with Crippen LogP contribution < -0.4 is 5.73 Å². The summed E-state index contributed by atoms with van der Waals surface area (Å²) < 4.78 is 23.1. The highest BCUT2D eigenvalue weighted by molar-refractivity contribution is 7.90. The van der Waals surface area contributed by atoms with Crippen LogP contribution in [-0.4, -0.2) is 24.6 Å². The second-order valence-electron chi connectivity index (χ2n) is 4.37. The molecular formula is C13H15N3O2S. The predicted molar refractivity (Wildman–Crippen MR) is 75.1 cm³/mol. The molecule has 0 fully saturated rings. The molecule has 0 aliphatic carbocycles. The third-order valence-corrected chi connectivity index (χ3v) is 4.33. The highest BCUT2D eigenvalue weighted by Crippen LogP contribution is 2.23. The molecule has 2 aromatic rings. The van der Waals surface area contributed by atoms with Crippen molar-refractivity contribution in [1.29, 1.82) is 0 Å². The highest BCUT2D eigenvalue weighted by atomic mass is 32.2. The number of nitrogen functional groups attached to an aromatic ring is 1. The molecule has 0 aliphatic rings. The summed E-state index contributed by atoms with van der Waals surface area (Å²) in [5.41, 5.74) is 7.23. The highest BCUT2D eigenvalue weighted by Gasteiger charge is 2.21. The zero-order valence-electron chi connectivity index (χ0n) is 10.7. The summed E-state index contributed by atoms with van der Waals surface area (Å²) in [6, 6.07) is 11.1. The van der Waals surface area contributed by atoms with E-state index in [-0.39, 0.29) is 11.6 Å². The Labute approximate surface area is 112 Å². The molecule has 0 aliphatic heterocycles. The Morgan fingerprint density at radius 3 is 2.37 bits per heavy atom. The number of benzene rings is 1. The zero-order chi connectivity index (χ0) is 14.0. The van der Waals surface area contributed by atoms with Gasteiger partial charge in [0.15, 0.2) is 9.84 Å². The summed E-state index contributed by atoms with van der Waals surface area (Å²) in [5.74, 6) is 0.487. The first-order valence-electron chi connectivity index (χ1n) is 5.76. The molecule has 2 N–H and O–H groups in total. The fraction of sp³-hybridized carbons (Fsp3) is 0.231. The first kappa shape index (κ1) is 13.5. The third-order valence-electron chi connectivity index (χ3n) is 2.84. The lowest BCUT2D eigenvalue weighted by Crippen LogP contribution is -2.13. The molecule has 0 amide bonds. The van der Waals surface area contributed by atoms with E-state index in [1.165, 1.54) is 0 Å². The first-order chi connectivity index (χ1) is 8.88. The molecular weight excluding hydrogens is 262 g/mol. The molecule has 0 saturated heterocycles. The van der Waals surface area contributed by atoms with Gasteiger partial charge in [-0.3, -0.25) is 0 Å². The summed E-state index contributed by atoms with van der Waals surface area (Å²) in [4.78, 5) is 8.31. The average molecular weight is 277 g/mol. The summed E-state index contributed by atoms with van der Waals surface area (Å²) in [5, 5.41) is -0.779. The quantitative estimate of drug-likeness (QED) is 0.925. The Kier molecular flexibility index (Phi) is 3.53. The number of nitrogens with two attached hydrogens (primary N) is 1. The molecule has 0 saturated carbocycles. The van der Waals surface area contributed by atoms with Gasteiger partial charge in [0, 0.05) is 17.9 Å². The van der Waals surface area contributed by atoms with Crippen LogP contribution >= 0.6 is 0 Å². The zero-order valence-corrected chi connectivity index (χ0v) is 11.6. The minimum absolute atomic E-state index is 0.223. The Hall–Kier alpha value is -1.95. The van der Waals surface area contributed by atoms with Gasteiger partial charge >= 0.3 is 0 Å². The van der Waals surface area contributed by atoms with Gasteiger partial charge in [0.1, 0.15) is 16.9 Å². The van der Waals surface area contributed by atoms with Crippen LogP contribution in [-0.2, 0) is 9.84 Å². The predicted octanol–water partition coefficient (Wildman–Crippen LogP) is 1.83. The lowest BCUT2D eigenvalue weighted by atomic mass is 10.1. The van der Waals surface area contributed by atoms with Gasteiger partial charge in [0.25, 0.3) is 0 Å². The van der Waals surface area contributed by atoms with Crippen molar-refractivity contribution in [3.8, 4) is 11.3 Å². The maximum Gasteiger partial charge on any atom is 0.157 e. The monoisotopic (exact) mass is 277 g/mol. The van der Waals surface area contributed by atoms with Gasteiger partial charge in [-0.25, -0.2) is 18.4 Å². The van der Waals surface area contributed by atoms with Gasteiger partial charge in [-0.1, -0.05) is 30.3 Å². The molecule has 1 atom stereocenters. The van der Waals surface area contributed by atoms with E-state index in [0.29, 0.717) is 5.69 Å². The number of rotatable bonds is 3. The lowest BCUT2D eigenvalue weighted by Gasteiger charge is -2.10. The summed E-state index contributed by atoms with van der Waals surface area (Å²) in [7, 11) is -3.25.